The molecule has 4 heteroatoms. The molecule has 3 aromatic rings. The van der Waals surface area contributed by atoms with Gasteiger partial charge in [0.05, 0.1) is 11.9 Å². The third-order valence-electron chi connectivity index (χ3n) is 3.43. The number of fused-ring (bicyclic) bond motifs is 1. The first-order valence-electron chi connectivity index (χ1n) is 6.64. The van der Waals surface area contributed by atoms with Gasteiger partial charge in [0, 0.05) is 23.8 Å². The Morgan fingerprint density at radius 3 is 3.00 bits per heavy atom. The minimum atomic E-state index is 0.239. The zero-order valence-corrected chi connectivity index (χ0v) is 12.0. The van der Waals surface area contributed by atoms with Gasteiger partial charge in [-0.3, -0.25) is 0 Å². The van der Waals surface area contributed by atoms with Gasteiger partial charge in [-0.2, -0.15) is 0 Å². The molecule has 0 aliphatic rings. The van der Waals surface area contributed by atoms with Crippen LogP contribution in [-0.2, 0) is 6.54 Å². The van der Waals surface area contributed by atoms with E-state index in [1.165, 1.54) is 5.56 Å². The molecule has 0 bridgehead atoms. The molecule has 0 fully saturated rings. The number of aromatic nitrogens is 2. The highest BCUT2D eigenvalue weighted by Crippen LogP contribution is 2.18. The Labute approximate surface area is 123 Å². The van der Waals surface area contributed by atoms with Gasteiger partial charge in [-0.05, 0) is 36.8 Å². The third kappa shape index (κ3) is 2.69. The first-order chi connectivity index (χ1) is 9.74. The van der Waals surface area contributed by atoms with Crippen molar-refractivity contribution in [3.63, 3.8) is 0 Å². The Morgan fingerprint density at radius 1 is 1.25 bits per heavy atom. The van der Waals surface area contributed by atoms with E-state index in [9.17, 15) is 0 Å². The molecule has 2 aromatic heterocycles. The number of nitrogens with zero attached hydrogens (tertiary/aromatic N) is 2. The lowest BCUT2D eigenvalue weighted by molar-refractivity contribution is 0.566. The molecule has 3 rings (SSSR count). The molecule has 0 aliphatic carbocycles. The van der Waals surface area contributed by atoms with Crippen LogP contribution in [0, 0.1) is 0 Å². The number of imidazole rings is 1. The monoisotopic (exact) mass is 285 g/mol. The highest BCUT2D eigenvalue weighted by Gasteiger charge is 2.07. The van der Waals surface area contributed by atoms with E-state index in [1.807, 2.05) is 48.8 Å². The van der Waals surface area contributed by atoms with Crippen LogP contribution in [0.1, 0.15) is 24.2 Å². The average molecular weight is 286 g/mol. The van der Waals surface area contributed by atoms with E-state index in [4.69, 9.17) is 11.6 Å². The van der Waals surface area contributed by atoms with E-state index in [2.05, 4.69) is 27.7 Å². The van der Waals surface area contributed by atoms with Crippen molar-refractivity contribution < 1.29 is 0 Å². The highest BCUT2D eigenvalue weighted by molar-refractivity contribution is 6.30. The maximum absolute atomic E-state index is 6.02. The van der Waals surface area contributed by atoms with Gasteiger partial charge in [0.15, 0.2) is 0 Å². The Kier molecular flexibility index (Phi) is 3.72. The summed E-state index contributed by atoms with van der Waals surface area (Å²) in [7, 11) is 0. The van der Waals surface area contributed by atoms with Gasteiger partial charge in [-0.15, -0.1) is 0 Å². The summed E-state index contributed by atoms with van der Waals surface area (Å²) in [6.07, 6.45) is 3.94. The lowest BCUT2D eigenvalue weighted by Gasteiger charge is -2.14. The van der Waals surface area contributed by atoms with Gasteiger partial charge in [0.25, 0.3) is 0 Å². The van der Waals surface area contributed by atoms with Crippen molar-refractivity contribution in [1.29, 1.82) is 0 Å². The SMILES string of the molecule is CC(NCc1cnc2ccccn12)c1cccc(Cl)c1. The molecule has 0 aliphatic heterocycles. The molecule has 2 heterocycles. The fraction of sp³-hybridized carbons (Fsp3) is 0.188. The van der Waals surface area contributed by atoms with Gasteiger partial charge in [-0.1, -0.05) is 29.8 Å². The summed E-state index contributed by atoms with van der Waals surface area (Å²) < 4.78 is 2.09. The molecule has 0 amide bonds. The van der Waals surface area contributed by atoms with E-state index in [1.54, 1.807) is 0 Å². The lowest BCUT2D eigenvalue weighted by Crippen LogP contribution is -2.18. The fourth-order valence-corrected chi connectivity index (χ4v) is 2.47. The third-order valence-corrected chi connectivity index (χ3v) is 3.67. The van der Waals surface area contributed by atoms with Crippen LogP contribution >= 0.6 is 11.6 Å². The first-order valence-corrected chi connectivity index (χ1v) is 7.01. The second-order valence-corrected chi connectivity index (χ2v) is 5.27. The smallest absolute Gasteiger partial charge is 0.136 e. The van der Waals surface area contributed by atoms with Gasteiger partial charge in [0.2, 0.25) is 0 Å². The fourth-order valence-electron chi connectivity index (χ4n) is 2.27. The molecular formula is C16H16ClN3. The maximum atomic E-state index is 6.02. The van der Waals surface area contributed by atoms with E-state index in [0.717, 1.165) is 22.9 Å². The summed E-state index contributed by atoms with van der Waals surface area (Å²) >= 11 is 6.02. The Hall–Kier alpha value is -1.84. The average Bonchev–Trinajstić information content (AvgIpc) is 2.88. The minimum Gasteiger partial charge on any atom is -0.305 e. The summed E-state index contributed by atoms with van der Waals surface area (Å²) in [5, 5.41) is 4.27. The number of hydrogen-bond acceptors (Lipinski definition) is 2. The predicted molar refractivity (Wildman–Crippen MR) is 81.9 cm³/mol. The molecule has 0 saturated carbocycles. The van der Waals surface area contributed by atoms with Crippen LogP contribution < -0.4 is 5.32 Å². The molecular weight excluding hydrogens is 270 g/mol. The summed E-state index contributed by atoms with van der Waals surface area (Å²) in [5.74, 6) is 0. The number of hydrogen-bond donors (Lipinski definition) is 1. The summed E-state index contributed by atoms with van der Waals surface area (Å²) in [6, 6.07) is 14.2. The van der Waals surface area contributed by atoms with E-state index in [0.29, 0.717) is 0 Å². The maximum Gasteiger partial charge on any atom is 0.136 e. The van der Waals surface area contributed by atoms with Gasteiger partial charge in [0.1, 0.15) is 5.65 Å². The van der Waals surface area contributed by atoms with E-state index >= 15 is 0 Å². The zero-order chi connectivity index (χ0) is 13.9. The van der Waals surface area contributed by atoms with Crippen molar-refractivity contribution >= 4 is 17.2 Å². The summed E-state index contributed by atoms with van der Waals surface area (Å²) in [4.78, 5) is 4.39. The number of pyridine rings is 1. The molecule has 20 heavy (non-hydrogen) atoms. The topological polar surface area (TPSA) is 29.3 Å². The summed E-state index contributed by atoms with van der Waals surface area (Å²) in [5.41, 5.74) is 3.31. The molecule has 1 aromatic carbocycles. The number of benzene rings is 1. The molecule has 1 unspecified atom stereocenters. The van der Waals surface area contributed by atoms with Crippen molar-refractivity contribution in [2.45, 2.75) is 19.5 Å². The van der Waals surface area contributed by atoms with Crippen LogP contribution in [0.5, 0.6) is 0 Å². The van der Waals surface area contributed by atoms with Gasteiger partial charge >= 0.3 is 0 Å². The Morgan fingerprint density at radius 2 is 2.15 bits per heavy atom. The van der Waals surface area contributed by atoms with Crippen molar-refractivity contribution in [3.05, 3.63) is 71.1 Å². The molecule has 0 spiro atoms. The quantitative estimate of drug-likeness (QED) is 0.789. The number of nitrogens with one attached hydrogen (secondary N) is 1. The van der Waals surface area contributed by atoms with Crippen LogP contribution in [0.25, 0.3) is 5.65 Å². The zero-order valence-electron chi connectivity index (χ0n) is 11.3. The number of rotatable bonds is 4. The van der Waals surface area contributed by atoms with Gasteiger partial charge < -0.3 is 9.72 Å². The van der Waals surface area contributed by atoms with E-state index < -0.39 is 0 Å². The number of halogens is 1. The molecule has 0 saturated heterocycles. The standard InChI is InChI=1S/C16H16ClN3/c1-12(13-5-4-6-14(17)9-13)18-10-15-11-19-16-7-2-3-8-20(15)16/h2-9,11-12,18H,10H2,1H3. The van der Waals surface area contributed by atoms with Crippen LogP contribution in [0.3, 0.4) is 0 Å². The van der Waals surface area contributed by atoms with E-state index in [-0.39, 0.29) is 6.04 Å². The lowest BCUT2D eigenvalue weighted by atomic mass is 10.1. The van der Waals surface area contributed by atoms with Gasteiger partial charge in [-0.25, -0.2) is 4.98 Å². The largest absolute Gasteiger partial charge is 0.305 e. The van der Waals surface area contributed by atoms with Crippen molar-refractivity contribution in [2.24, 2.45) is 0 Å². The van der Waals surface area contributed by atoms with Crippen molar-refractivity contribution in [2.75, 3.05) is 0 Å². The Balaban J connectivity index is 1.73. The molecule has 102 valence electrons. The van der Waals surface area contributed by atoms with Crippen LogP contribution in [0.2, 0.25) is 5.02 Å². The van der Waals surface area contributed by atoms with Crippen molar-refractivity contribution in [3.8, 4) is 0 Å². The first kappa shape index (κ1) is 13.2. The minimum absolute atomic E-state index is 0.239. The normalized spacial score (nSPS) is 12.7. The van der Waals surface area contributed by atoms with Crippen molar-refractivity contribution in [1.82, 2.24) is 14.7 Å². The van der Waals surface area contributed by atoms with Crippen LogP contribution in [0.15, 0.2) is 54.9 Å². The molecule has 1 atom stereocenters. The second kappa shape index (κ2) is 5.65. The Bertz CT molecular complexity index is 720. The van der Waals surface area contributed by atoms with Crippen LogP contribution in [0.4, 0.5) is 0 Å². The summed E-state index contributed by atoms with van der Waals surface area (Å²) in [6.45, 7) is 2.90. The second-order valence-electron chi connectivity index (χ2n) is 4.84. The molecule has 1 N–H and O–H groups in total. The molecule has 3 nitrogen and oxygen atoms in total. The highest BCUT2D eigenvalue weighted by atomic mass is 35.5. The van der Waals surface area contributed by atoms with Crippen LogP contribution in [-0.4, -0.2) is 9.38 Å². The molecule has 0 radical (unpaired) electrons. The predicted octanol–water partition coefficient (Wildman–Crippen LogP) is 3.84.